The van der Waals surface area contributed by atoms with Gasteiger partial charge in [-0.25, -0.2) is 4.79 Å². The van der Waals surface area contributed by atoms with E-state index in [4.69, 9.17) is 9.78 Å². The number of amides is 1. The second kappa shape index (κ2) is 9.77. The van der Waals surface area contributed by atoms with Gasteiger partial charge in [0.1, 0.15) is 5.60 Å². The monoisotopic (exact) mass is 454 g/mol. The van der Waals surface area contributed by atoms with Crippen molar-refractivity contribution in [3.05, 3.63) is 108 Å². The molecule has 0 atom stereocenters. The summed E-state index contributed by atoms with van der Waals surface area (Å²) in [5, 5.41) is 2.85. The number of carbonyl (C=O) groups excluding carboxylic acids is 2. The average Bonchev–Trinajstić information content (AvgIpc) is 3.38. The third kappa shape index (κ3) is 5.60. The first-order valence-electron chi connectivity index (χ1n) is 10.9. The average molecular weight is 455 g/mol. The predicted molar refractivity (Wildman–Crippen MR) is 132 cm³/mol. The maximum Gasteiger partial charge on any atom is 0.375 e. The normalized spacial score (nSPS) is 11.1. The van der Waals surface area contributed by atoms with Crippen LogP contribution < -0.4 is 5.32 Å². The molecule has 0 radical (unpaired) electrons. The smallest absolute Gasteiger partial charge is 0.324 e. The summed E-state index contributed by atoms with van der Waals surface area (Å²) in [5.41, 5.74) is 3.17. The van der Waals surface area contributed by atoms with Crippen LogP contribution in [-0.2, 0) is 9.78 Å². The van der Waals surface area contributed by atoms with Crippen LogP contribution in [0.5, 0.6) is 0 Å². The molecule has 1 heterocycles. The SMILES string of the molecule is CC(C)(C)OOC(=O)c1ccc(-c2ccc(-n3cccc3)cc2)cc1NC(=O)c1ccccc1. The van der Waals surface area contributed by atoms with Gasteiger partial charge in [-0.2, -0.15) is 4.89 Å². The standard InChI is InChI=1S/C28H26N2O4/c1-28(2,3)34-33-27(32)24-16-13-22(19-25(24)29-26(31)21-9-5-4-6-10-21)20-11-14-23(15-12-20)30-17-7-8-18-30/h4-19H,1-3H3,(H,29,31). The molecule has 0 saturated heterocycles. The number of anilines is 1. The van der Waals surface area contributed by atoms with Gasteiger partial charge in [0.05, 0.1) is 11.3 Å². The van der Waals surface area contributed by atoms with Crippen LogP contribution >= 0.6 is 0 Å². The molecule has 34 heavy (non-hydrogen) atoms. The fourth-order valence-corrected chi connectivity index (χ4v) is 3.33. The Morgan fingerprint density at radius 1 is 0.794 bits per heavy atom. The number of rotatable bonds is 6. The summed E-state index contributed by atoms with van der Waals surface area (Å²) in [6.45, 7) is 5.33. The number of nitrogens with one attached hydrogen (secondary N) is 1. The highest BCUT2D eigenvalue weighted by atomic mass is 17.2. The van der Waals surface area contributed by atoms with Crippen molar-refractivity contribution in [1.82, 2.24) is 4.57 Å². The Balaban J connectivity index is 1.65. The molecule has 0 bridgehead atoms. The summed E-state index contributed by atoms with van der Waals surface area (Å²) in [6, 6.07) is 26.0. The van der Waals surface area contributed by atoms with Gasteiger partial charge in [-0.1, -0.05) is 36.4 Å². The molecule has 4 aromatic rings. The Morgan fingerprint density at radius 2 is 1.44 bits per heavy atom. The Bertz CT molecular complexity index is 1270. The van der Waals surface area contributed by atoms with Gasteiger partial charge in [-0.05, 0) is 80.4 Å². The van der Waals surface area contributed by atoms with Gasteiger partial charge in [0, 0.05) is 23.6 Å². The lowest BCUT2D eigenvalue weighted by Crippen LogP contribution is -2.23. The molecule has 0 aliphatic rings. The van der Waals surface area contributed by atoms with Crippen LogP contribution in [0.25, 0.3) is 16.8 Å². The summed E-state index contributed by atoms with van der Waals surface area (Å²) in [6.07, 6.45) is 3.96. The molecule has 6 heteroatoms. The van der Waals surface area contributed by atoms with Crippen molar-refractivity contribution < 1.29 is 19.4 Å². The molecule has 1 amide bonds. The molecule has 172 valence electrons. The highest BCUT2D eigenvalue weighted by molar-refractivity contribution is 6.08. The van der Waals surface area contributed by atoms with Gasteiger partial charge >= 0.3 is 5.97 Å². The van der Waals surface area contributed by atoms with Crippen LogP contribution in [0.3, 0.4) is 0 Å². The Hall–Kier alpha value is -4.16. The lowest BCUT2D eigenvalue weighted by Gasteiger charge is -2.18. The summed E-state index contributed by atoms with van der Waals surface area (Å²) in [7, 11) is 0. The van der Waals surface area contributed by atoms with Gasteiger partial charge in [-0.15, -0.1) is 0 Å². The van der Waals surface area contributed by atoms with E-state index in [9.17, 15) is 9.59 Å². The van der Waals surface area contributed by atoms with Crippen molar-refractivity contribution in [3.63, 3.8) is 0 Å². The second-order valence-electron chi connectivity index (χ2n) is 8.78. The molecule has 0 aliphatic heterocycles. The molecular formula is C28H26N2O4. The summed E-state index contributed by atoms with van der Waals surface area (Å²) < 4.78 is 2.02. The Kier molecular flexibility index (Phi) is 6.61. The van der Waals surface area contributed by atoms with Gasteiger partial charge in [0.2, 0.25) is 0 Å². The Morgan fingerprint density at radius 3 is 2.09 bits per heavy atom. The number of aromatic nitrogens is 1. The molecule has 3 aromatic carbocycles. The van der Waals surface area contributed by atoms with E-state index in [2.05, 4.69) is 5.32 Å². The molecule has 1 aromatic heterocycles. The van der Waals surface area contributed by atoms with Crippen molar-refractivity contribution in [2.45, 2.75) is 26.4 Å². The lowest BCUT2D eigenvalue weighted by atomic mass is 10.0. The van der Waals surface area contributed by atoms with Crippen LogP contribution in [0.15, 0.2) is 97.3 Å². The van der Waals surface area contributed by atoms with Crippen molar-refractivity contribution >= 4 is 17.6 Å². The third-order valence-electron chi connectivity index (χ3n) is 4.99. The number of benzene rings is 3. The molecule has 0 saturated carbocycles. The summed E-state index contributed by atoms with van der Waals surface area (Å²) in [4.78, 5) is 35.8. The van der Waals surface area contributed by atoms with Crippen LogP contribution in [-0.4, -0.2) is 22.0 Å². The van der Waals surface area contributed by atoms with Crippen molar-refractivity contribution in [1.29, 1.82) is 0 Å². The third-order valence-corrected chi connectivity index (χ3v) is 4.99. The predicted octanol–water partition coefficient (Wildman–Crippen LogP) is 6.28. The van der Waals surface area contributed by atoms with Crippen molar-refractivity contribution in [3.8, 4) is 16.8 Å². The van der Waals surface area contributed by atoms with E-state index >= 15 is 0 Å². The summed E-state index contributed by atoms with van der Waals surface area (Å²) >= 11 is 0. The quantitative estimate of drug-likeness (QED) is 0.275. The second-order valence-corrected chi connectivity index (χ2v) is 8.78. The first-order valence-corrected chi connectivity index (χ1v) is 10.9. The fraction of sp³-hybridized carbons (Fsp3) is 0.143. The zero-order valence-electron chi connectivity index (χ0n) is 19.3. The fourth-order valence-electron chi connectivity index (χ4n) is 3.33. The minimum absolute atomic E-state index is 0.196. The molecule has 0 aliphatic carbocycles. The van der Waals surface area contributed by atoms with E-state index < -0.39 is 11.6 Å². The number of hydrogen-bond donors (Lipinski definition) is 1. The van der Waals surface area contributed by atoms with Gasteiger partial charge in [0.25, 0.3) is 5.91 Å². The molecule has 0 unspecified atom stereocenters. The van der Waals surface area contributed by atoms with Gasteiger partial charge in [-0.3, -0.25) is 9.68 Å². The topological polar surface area (TPSA) is 69.6 Å². The van der Waals surface area contributed by atoms with E-state index in [1.807, 2.05) is 65.5 Å². The largest absolute Gasteiger partial charge is 0.375 e. The highest BCUT2D eigenvalue weighted by Crippen LogP contribution is 2.28. The van der Waals surface area contributed by atoms with E-state index in [0.29, 0.717) is 11.3 Å². The van der Waals surface area contributed by atoms with Crippen LogP contribution in [0.1, 0.15) is 41.5 Å². The van der Waals surface area contributed by atoms with E-state index in [0.717, 1.165) is 16.8 Å². The first-order chi connectivity index (χ1) is 16.3. The van der Waals surface area contributed by atoms with Crippen molar-refractivity contribution in [2.24, 2.45) is 0 Å². The maximum atomic E-state index is 12.8. The van der Waals surface area contributed by atoms with Gasteiger partial charge in [0.15, 0.2) is 0 Å². The zero-order chi connectivity index (χ0) is 24.1. The number of carbonyl (C=O) groups is 2. The molecule has 1 N–H and O–H groups in total. The highest BCUT2D eigenvalue weighted by Gasteiger charge is 2.21. The minimum Gasteiger partial charge on any atom is -0.324 e. The molecule has 0 fully saturated rings. The van der Waals surface area contributed by atoms with Crippen LogP contribution in [0, 0.1) is 0 Å². The first kappa shape index (κ1) is 23.0. The van der Waals surface area contributed by atoms with Crippen LogP contribution in [0.2, 0.25) is 0 Å². The minimum atomic E-state index is -0.687. The van der Waals surface area contributed by atoms with E-state index in [1.54, 1.807) is 57.2 Å². The van der Waals surface area contributed by atoms with E-state index in [-0.39, 0.29) is 11.5 Å². The maximum absolute atomic E-state index is 12.8. The molecular weight excluding hydrogens is 428 g/mol. The van der Waals surface area contributed by atoms with Crippen molar-refractivity contribution in [2.75, 3.05) is 5.32 Å². The number of hydrogen-bond acceptors (Lipinski definition) is 4. The summed E-state index contributed by atoms with van der Waals surface area (Å²) in [5.74, 6) is -1.01. The molecule has 4 rings (SSSR count). The zero-order valence-corrected chi connectivity index (χ0v) is 19.3. The number of nitrogens with zero attached hydrogens (tertiary/aromatic N) is 1. The van der Waals surface area contributed by atoms with Gasteiger partial charge < -0.3 is 9.88 Å². The molecule has 0 spiro atoms. The Labute approximate surface area is 198 Å². The lowest BCUT2D eigenvalue weighted by molar-refractivity contribution is -0.301. The van der Waals surface area contributed by atoms with Crippen LogP contribution in [0.4, 0.5) is 5.69 Å². The van der Waals surface area contributed by atoms with E-state index in [1.165, 1.54) is 0 Å². The molecule has 6 nitrogen and oxygen atoms in total.